The maximum absolute atomic E-state index is 12.2. The summed E-state index contributed by atoms with van der Waals surface area (Å²) >= 11 is 0. The van der Waals surface area contributed by atoms with E-state index in [-0.39, 0.29) is 24.5 Å². The van der Waals surface area contributed by atoms with Crippen molar-refractivity contribution in [3.63, 3.8) is 0 Å². The average molecular weight is 333 g/mol. The molecule has 0 aliphatic carbocycles. The Labute approximate surface area is 143 Å². The second-order valence-corrected chi connectivity index (χ2v) is 6.50. The van der Waals surface area contributed by atoms with Gasteiger partial charge in [-0.25, -0.2) is 4.79 Å². The number of likely N-dealkylation sites (N-methyl/N-ethyl adjacent to an activating group) is 1. The van der Waals surface area contributed by atoms with E-state index in [0.717, 1.165) is 18.4 Å². The number of ether oxygens (including phenoxy) is 1. The molecule has 24 heavy (non-hydrogen) atoms. The van der Waals surface area contributed by atoms with Crippen molar-refractivity contribution in [3.8, 4) is 0 Å². The van der Waals surface area contributed by atoms with Crippen LogP contribution in [-0.2, 0) is 16.1 Å². The van der Waals surface area contributed by atoms with Crippen LogP contribution in [0.5, 0.6) is 0 Å². The number of amides is 2. The molecular weight excluding hydrogens is 306 g/mol. The summed E-state index contributed by atoms with van der Waals surface area (Å²) in [7, 11) is 1.76. The zero-order valence-corrected chi connectivity index (χ0v) is 14.5. The van der Waals surface area contributed by atoms with Gasteiger partial charge in [0.05, 0.1) is 6.04 Å². The number of benzene rings is 1. The lowest BCUT2D eigenvalue weighted by Gasteiger charge is -2.34. The first kappa shape index (κ1) is 18.3. The number of piperidine rings is 1. The Bertz CT molecular complexity index is 548. The molecule has 6 nitrogen and oxygen atoms in total. The van der Waals surface area contributed by atoms with Gasteiger partial charge in [0.2, 0.25) is 5.91 Å². The molecule has 1 heterocycles. The van der Waals surface area contributed by atoms with E-state index in [4.69, 9.17) is 10.5 Å². The van der Waals surface area contributed by atoms with E-state index in [1.54, 1.807) is 23.8 Å². The highest BCUT2D eigenvalue weighted by Crippen LogP contribution is 2.18. The summed E-state index contributed by atoms with van der Waals surface area (Å²) in [5.74, 6) is 0.189. The third kappa shape index (κ3) is 5.23. The molecule has 1 aromatic carbocycles. The van der Waals surface area contributed by atoms with E-state index in [2.05, 4.69) is 0 Å². The van der Waals surface area contributed by atoms with Gasteiger partial charge in [-0.15, -0.1) is 0 Å². The van der Waals surface area contributed by atoms with E-state index in [0.29, 0.717) is 19.6 Å². The van der Waals surface area contributed by atoms with Crippen molar-refractivity contribution >= 4 is 12.0 Å². The van der Waals surface area contributed by atoms with Crippen molar-refractivity contribution in [1.82, 2.24) is 9.80 Å². The fourth-order valence-corrected chi connectivity index (χ4v) is 3.02. The van der Waals surface area contributed by atoms with Crippen molar-refractivity contribution in [2.24, 2.45) is 11.7 Å². The number of nitrogens with zero attached hydrogens (tertiary/aromatic N) is 2. The first-order valence-electron chi connectivity index (χ1n) is 8.43. The highest BCUT2D eigenvalue weighted by atomic mass is 16.6. The van der Waals surface area contributed by atoms with Crippen LogP contribution in [0.1, 0.15) is 25.3 Å². The minimum absolute atomic E-state index is 0.0706. The molecule has 0 aromatic heterocycles. The fourth-order valence-electron chi connectivity index (χ4n) is 3.02. The van der Waals surface area contributed by atoms with Gasteiger partial charge in [-0.05, 0) is 31.2 Å². The summed E-state index contributed by atoms with van der Waals surface area (Å²) in [5.41, 5.74) is 6.61. The normalized spacial score (nSPS) is 18.8. The molecule has 132 valence electrons. The number of carbonyl (C=O) groups excluding carboxylic acids is 2. The molecule has 1 aliphatic heterocycles. The molecule has 1 fully saturated rings. The molecule has 2 atom stereocenters. The maximum atomic E-state index is 12.2. The summed E-state index contributed by atoms with van der Waals surface area (Å²) in [6.07, 6.45) is 1.63. The van der Waals surface area contributed by atoms with Crippen molar-refractivity contribution in [2.45, 2.75) is 32.4 Å². The second kappa shape index (κ2) is 8.68. The van der Waals surface area contributed by atoms with Crippen molar-refractivity contribution in [1.29, 1.82) is 0 Å². The maximum Gasteiger partial charge on any atom is 0.410 e. The highest BCUT2D eigenvalue weighted by Gasteiger charge is 2.27. The van der Waals surface area contributed by atoms with Crippen LogP contribution in [0.3, 0.4) is 0 Å². The molecular formula is C18H27N3O3. The van der Waals surface area contributed by atoms with Crippen molar-refractivity contribution < 1.29 is 14.3 Å². The topological polar surface area (TPSA) is 75.9 Å². The van der Waals surface area contributed by atoms with Gasteiger partial charge in [-0.2, -0.15) is 0 Å². The zero-order valence-electron chi connectivity index (χ0n) is 14.5. The molecule has 2 rings (SSSR count). The largest absolute Gasteiger partial charge is 0.445 e. The molecule has 0 radical (unpaired) electrons. The van der Waals surface area contributed by atoms with E-state index >= 15 is 0 Å². The molecule has 0 spiro atoms. The Morgan fingerprint density at radius 2 is 2.08 bits per heavy atom. The van der Waals surface area contributed by atoms with E-state index in [1.807, 2.05) is 30.3 Å². The Hall–Kier alpha value is -2.08. The first-order chi connectivity index (χ1) is 11.5. The van der Waals surface area contributed by atoms with Crippen LogP contribution in [0.4, 0.5) is 4.79 Å². The van der Waals surface area contributed by atoms with E-state index in [1.165, 1.54) is 0 Å². The van der Waals surface area contributed by atoms with E-state index < -0.39 is 6.04 Å². The van der Waals surface area contributed by atoms with Gasteiger partial charge in [0.1, 0.15) is 6.61 Å². The lowest BCUT2D eigenvalue weighted by molar-refractivity contribution is -0.131. The highest BCUT2D eigenvalue weighted by molar-refractivity contribution is 5.80. The summed E-state index contributed by atoms with van der Waals surface area (Å²) < 4.78 is 5.39. The second-order valence-electron chi connectivity index (χ2n) is 6.50. The minimum Gasteiger partial charge on any atom is -0.445 e. The summed E-state index contributed by atoms with van der Waals surface area (Å²) in [6.45, 7) is 3.90. The van der Waals surface area contributed by atoms with Crippen LogP contribution in [0.15, 0.2) is 30.3 Å². The molecule has 0 saturated carbocycles. The third-order valence-corrected chi connectivity index (χ3v) is 4.28. The predicted octanol–water partition coefficient (Wildman–Crippen LogP) is 1.84. The molecule has 1 aliphatic rings. The summed E-state index contributed by atoms with van der Waals surface area (Å²) in [4.78, 5) is 27.5. The average Bonchev–Trinajstić information content (AvgIpc) is 2.60. The third-order valence-electron chi connectivity index (χ3n) is 4.28. The molecule has 1 saturated heterocycles. The van der Waals surface area contributed by atoms with Crippen LogP contribution >= 0.6 is 0 Å². The lowest BCUT2D eigenvalue weighted by atomic mass is 9.97. The standard InChI is InChI=1S/C18H27N3O3/c1-14(19)17(22)20(2)11-16-9-6-10-21(12-16)18(23)24-13-15-7-4-3-5-8-15/h3-5,7-8,14,16H,6,9-13,19H2,1-2H3. The molecule has 2 N–H and O–H groups in total. The Morgan fingerprint density at radius 3 is 2.75 bits per heavy atom. The smallest absolute Gasteiger partial charge is 0.410 e. The predicted molar refractivity (Wildman–Crippen MR) is 92.2 cm³/mol. The Balaban J connectivity index is 1.81. The first-order valence-corrected chi connectivity index (χ1v) is 8.43. The number of likely N-dealkylation sites (tertiary alicyclic amines) is 1. The van der Waals surface area contributed by atoms with Gasteiger partial charge >= 0.3 is 6.09 Å². The van der Waals surface area contributed by atoms with Crippen LogP contribution in [0.25, 0.3) is 0 Å². The van der Waals surface area contributed by atoms with Crippen molar-refractivity contribution in [3.05, 3.63) is 35.9 Å². The van der Waals surface area contributed by atoms with Gasteiger partial charge < -0.3 is 20.3 Å². The van der Waals surface area contributed by atoms with Gasteiger partial charge in [0.25, 0.3) is 0 Å². The molecule has 1 aromatic rings. The Kier molecular flexibility index (Phi) is 6.61. The number of hydrogen-bond acceptors (Lipinski definition) is 4. The number of carbonyl (C=O) groups is 2. The lowest BCUT2D eigenvalue weighted by Crippen LogP contribution is -2.46. The van der Waals surface area contributed by atoms with Crippen LogP contribution in [-0.4, -0.2) is 54.5 Å². The summed E-state index contributed by atoms with van der Waals surface area (Å²) in [6, 6.07) is 9.14. The Morgan fingerprint density at radius 1 is 1.38 bits per heavy atom. The minimum atomic E-state index is -0.495. The molecule has 0 bridgehead atoms. The van der Waals surface area contributed by atoms with Gasteiger partial charge in [0.15, 0.2) is 0 Å². The van der Waals surface area contributed by atoms with Crippen LogP contribution in [0, 0.1) is 5.92 Å². The molecule has 2 amide bonds. The number of hydrogen-bond donors (Lipinski definition) is 1. The zero-order chi connectivity index (χ0) is 17.5. The number of nitrogens with two attached hydrogens (primary N) is 1. The molecule has 6 heteroatoms. The monoisotopic (exact) mass is 333 g/mol. The van der Waals surface area contributed by atoms with Crippen LogP contribution in [0.2, 0.25) is 0 Å². The quantitative estimate of drug-likeness (QED) is 0.892. The van der Waals surface area contributed by atoms with Crippen molar-refractivity contribution in [2.75, 3.05) is 26.7 Å². The van der Waals surface area contributed by atoms with Crippen LogP contribution < -0.4 is 5.73 Å². The van der Waals surface area contributed by atoms with Gasteiger partial charge in [-0.3, -0.25) is 4.79 Å². The number of rotatable bonds is 5. The van der Waals surface area contributed by atoms with Gasteiger partial charge in [0, 0.05) is 26.7 Å². The molecule has 2 unspecified atom stereocenters. The summed E-state index contributed by atoms with van der Waals surface area (Å²) in [5, 5.41) is 0. The fraction of sp³-hybridized carbons (Fsp3) is 0.556. The van der Waals surface area contributed by atoms with E-state index in [9.17, 15) is 9.59 Å². The van der Waals surface area contributed by atoms with Gasteiger partial charge in [-0.1, -0.05) is 30.3 Å². The SMILES string of the molecule is CC(N)C(=O)N(C)CC1CCCN(C(=O)OCc2ccccc2)C1.